The van der Waals surface area contributed by atoms with Crippen LogP contribution in [0.15, 0.2) is 24.3 Å². The quantitative estimate of drug-likeness (QED) is 0.193. The minimum Gasteiger partial charge on any atom is -0.333 e. The van der Waals surface area contributed by atoms with Gasteiger partial charge < -0.3 is 15.1 Å². The van der Waals surface area contributed by atoms with Gasteiger partial charge in [-0.1, -0.05) is 0 Å². The number of carbonyl (C=O) groups is 1. The summed E-state index contributed by atoms with van der Waals surface area (Å²) in [7, 11) is 3.08. The maximum absolute atomic E-state index is 13.4. The third-order valence-electron chi connectivity index (χ3n) is 5.79. The molecule has 0 radical (unpaired) electrons. The SMILES string of the molecule is Cc1cc([N+](=O)[O-])cc(C)c1N(C)C(=N)N(C(=N)N(C)c1c(C)cc([N+](=O)[O-])cc1C)C(=O)NC(C)(C)C.Cl. The number of non-ortho nitro benzene ring substituents is 2. The van der Waals surface area contributed by atoms with Gasteiger partial charge in [-0.15, -0.1) is 12.4 Å². The lowest BCUT2D eigenvalue weighted by Gasteiger charge is -2.36. The van der Waals surface area contributed by atoms with Crippen LogP contribution in [0.2, 0.25) is 0 Å². The molecule has 0 spiro atoms. The third-order valence-corrected chi connectivity index (χ3v) is 5.79. The van der Waals surface area contributed by atoms with E-state index in [0.717, 1.165) is 4.90 Å². The monoisotopic (exact) mass is 562 g/mol. The molecule has 0 bridgehead atoms. The lowest BCUT2D eigenvalue weighted by atomic mass is 10.1. The van der Waals surface area contributed by atoms with Crippen molar-refractivity contribution in [3.05, 3.63) is 66.7 Å². The van der Waals surface area contributed by atoms with Gasteiger partial charge in [-0.3, -0.25) is 31.0 Å². The first-order valence-corrected chi connectivity index (χ1v) is 11.7. The molecule has 2 rings (SSSR count). The maximum atomic E-state index is 13.4. The Morgan fingerprint density at radius 3 is 1.28 bits per heavy atom. The maximum Gasteiger partial charge on any atom is 0.331 e. The second-order valence-electron chi connectivity index (χ2n) is 10.2. The minimum absolute atomic E-state index is 0. The molecule has 0 aromatic heterocycles. The summed E-state index contributed by atoms with van der Waals surface area (Å²) in [5.41, 5.74) is 2.14. The number of rotatable bonds is 4. The second kappa shape index (κ2) is 12.1. The van der Waals surface area contributed by atoms with Gasteiger partial charge in [0.1, 0.15) is 0 Å². The Morgan fingerprint density at radius 1 is 0.769 bits per heavy atom. The van der Waals surface area contributed by atoms with Crippen LogP contribution in [-0.2, 0) is 0 Å². The van der Waals surface area contributed by atoms with Crippen molar-refractivity contribution in [3.63, 3.8) is 0 Å². The van der Waals surface area contributed by atoms with Crippen LogP contribution in [0.4, 0.5) is 27.5 Å². The van der Waals surface area contributed by atoms with E-state index in [2.05, 4.69) is 5.32 Å². The zero-order valence-electron chi connectivity index (χ0n) is 23.5. The molecule has 0 unspecified atom stereocenters. The first-order valence-electron chi connectivity index (χ1n) is 11.7. The summed E-state index contributed by atoms with van der Waals surface area (Å²) in [6, 6.07) is 4.79. The van der Waals surface area contributed by atoms with E-state index in [9.17, 15) is 25.0 Å². The molecule has 0 atom stereocenters. The molecular weight excluding hydrogens is 528 g/mol. The van der Waals surface area contributed by atoms with E-state index in [1.54, 1.807) is 48.5 Å². The number of urea groups is 1. The molecule has 0 heterocycles. The number of carbonyl (C=O) groups excluding carboxylic acids is 1. The Hall–Kier alpha value is -4.26. The molecule has 39 heavy (non-hydrogen) atoms. The van der Waals surface area contributed by atoms with Gasteiger partial charge in [-0.05, 0) is 70.7 Å². The van der Waals surface area contributed by atoms with Gasteiger partial charge in [-0.25, -0.2) is 9.69 Å². The number of guanidine groups is 2. The number of nitro benzene ring substituents is 2. The van der Waals surface area contributed by atoms with Gasteiger partial charge >= 0.3 is 6.03 Å². The molecule has 0 saturated heterocycles. The number of nitro groups is 2. The van der Waals surface area contributed by atoms with E-state index >= 15 is 0 Å². The van der Waals surface area contributed by atoms with E-state index in [0.29, 0.717) is 33.6 Å². The second-order valence-corrected chi connectivity index (χ2v) is 10.2. The first kappa shape index (κ1) is 32.8. The Labute approximate surface area is 233 Å². The highest BCUT2D eigenvalue weighted by Crippen LogP contribution is 2.31. The zero-order chi connectivity index (χ0) is 29.3. The number of benzene rings is 2. The van der Waals surface area contributed by atoms with Crippen LogP contribution in [0, 0.1) is 58.7 Å². The number of halogens is 1. The summed E-state index contributed by atoms with van der Waals surface area (Å²) < 4.78 is 0. The van der Waals surface area contributed by atoms with Gasteiger partial charge in [0.05, 0.1) is 9.85 Å². The van der Waals surface area contributed by atoms with Crippen LogP contribution in [0.3, 0.4) is 0 Å². The number of nitrogens with one attached hydrogen (secondary N) is 3. The molecule has 0 aliphatic rings. The lowest BCUT2D eigenvalue weighted by Crippen LogP contribution is -2.59. The summed E-state index contributed by atoms with van der Waals surface area (Å²) in [5.74, 6) is -0.748. The van der Waals surface area contributed by atoms with E-state index in [1.807, 2.05) is 0 Å². The van der Waals surface area contributed by atoms with Crippen molar-refractivity contribution in [1.82, 2.24) is 10.2 Å². The van der Waals surface area contributed by atoms with Crippen molar-refractivity contribution in [2.75, 3.05) is 23.9 Å². The van der Waals surface area contributed by atoms with Crippen molar-refractivity contribution >= 4 is 53.1 Å². The summed E-state index contributed by atoms with van der Waals surface area (Å²) in [6.45, 7) is 12.0. The predicted octanol–water partition coefficient (Wildman–Crippen LogP) is 5.41. The Bertz CT molecular complexity index is 1200. The topological polar surface area (TPSA) is 173 Å². The molecule has 0 aliphatic heterocycles. The lowest BCUT2D eigenvalue weighted by molar-refractivity contribution is -0.385. The molecule has 2 aromatic carbocycles. The van der Waals surface area contributed by atoms with Crippen LogP contribution < -0.4 is 15.1 Å². The van der Waals surface area contributed by atoms with Gasteiger partial charge in [-0.2, -0.15) is 0 Å². The average molecular weight is 563 g/mol. The predicted molar refractivity (Wildman–Crippen MR) is 155 cm³/mol. The smallest absolute Gasteiger partial charge is 0.331 e. The van der Waals surface area contributed by atoms with E-state index < -0.39 is 21.4 Å². The molecule has 3 N–H and O–H groups in total. The molecule has 0 fully saturated rings. The fourth-order valence-corrected chi connectivity index (χ4v) is 4.32. The van der Waals surface area contributed by atoms with Gasteiger partial charge in [0.2, 0.25) is 11.9 Å². The zero-order valence-corrected chi connectivity index (χ0v) is 24.3. The summed E-state index contributed by atoms with van der Waals surface area (Å²) in [5, 5.41) is 43.2. The molecule has 212 valence electrons. The van der Waals surface area contributed by atoms with Crippen molar-refractivity contribution in [1.29, 1.82) is 10.8 Å². The van der Waals surface area contributed by atoms with Gasteiger partial charge in [0.25, 0.3) is 11.4 Å². The summed E-state index contributed by atoms with van der Waals surface area (Å²) in [4.78, 5) is 38.6. The third kappa shape index (κ3) is 7.19. The average Bonchev–Trinajstić information content (AvgIpc) is 2.76. The Morgan fingerprint density at radius 2 is 1.05 bits per heavy atom. The van der Waals surface area contributed by atoms with Crippen LogP contribution in [0.25, 0.3) is 0 Å². The number of aryl methyl sites for hydroxylation is 4. The number of hydrogen-bond acceptors (Lipinski definition) is 7. The molecule has 14 heteroatoms. The number of anilines is 2. The number of amides is 2. The van der Waals surface area contributed by atoms with Crippen LogP contribution in [-0.4, -0.2) is 52.3 Å². The van der Waals surface area contributed by atoms with Crippen molar-refractivity contribution in [2.45, 2.75) is 54.0 Å². The molecule has 2 amide bonds. The van der Waals surface area contributed by atoms with Crippen LogP contribution in [0.5, 0.6) is 0 Å². The molecule has 13 nitrogen and oxygen atoms in total. The van der Waals surface area contributed by atoms with Crippen LogP contribution >= 0.6 is 12.4 Å². The first-order chi connectivity index (χ1) is 17.4. The molecule has 0 saturated carbocycles. The van der Waals surface area contributed by atoms with Crippen LogP contribution in [0.1, 0.15) is 43.0 Å². The summed E-state index contributed by atoms with van der Waals surface area (Å²) >= 11 is 0. The molecule has 2 aromatic rings. The van der Waals surface area contributed by atoms with Crippen molar-refractivity contribution in [2.24, 2.45) is 0 Å². The summed E-state index contributed by atoms with van der Waals surface area (Å²) in [6.07, 6.45) is 0. The largest absolute Gasteiger partial charge is 0.333 e. The Balaban J connectivity index is 0.00000760. The Kier molecular flexibility index (Phi) is 10.1. The van der Waals surface area contributed by atoms with E-state index in [4.69, 9.17) is 10.8 Å². The standard InChI is InChI=1S/C25H34N8O5.ClH/c1-14-10-18(32(35)36)11-15(2)20(14)29(8)22(26)31(24(34)28-25(5,6)7)23(27)30(9)21-16(3)12-19(33(37)38)13-17(21)4;/h10-13,26-27H,1-9H3,(H,28,34);1H. The fraction of sp³-hybridized carbons (Fsp3) is 0.400. The van der Waals surface area contributed by atoms with Gasteiger partial charge in [0, 0.05) is 55.3 Å². The van der Waals surface area contributed by atoms with E-state index in [1.165, 1.54) is 48.2 Å². The number of nitrogens with zero attached hydrogens (tertiary/aromatic N) is 5. The highest BCUT2D eigenvalue weighted by Gasteiger charge is 2.33. The number of hydrogen-bond donors (Lipinski definition) is 3. The fourth-order valence-electron chi connectivity index (χ4n) is 4.32. The van der Waals surface area contributed by atoms with Crippen molar-refractivity contribution < 1.29 is 14.6 Å². The molecule has 0 aliphatic carbocycles. The minimum atomic E-state index is -0.736. The van der Waals surface area contributed by atoms with Crippen molar-refractivity contribution in [3.8, 4) is 0 Å². The highest BCUT2D eigenvalue weighted by molar-refractivity contribution is 6.19. The highest BCUT2D eigenvalue weighted by atomic mass is 35.5. The molecular formula is C25H35ClN8O5. The van der Waals surface area contributed by atoms with Gasteiger partial charge in [0.15, 0.2) is 0 Å². The van der Waals surface area contributed by atoms with E-state index in [-0.39, 0.29) is 35.7 Å². The normalized spacial score (nSPS) is 10.7.